The van der Waals surface area contributed by atoms with E-state index in [0.29, 0.717) is 0 Å². The van der Waals surface area contributed by atoms with Gasteiger partial charge in [0.15, 0.2) is 0 Å². The predicted octanol–water partition coefficient (Wildman–Crippen LogP) is 3.51. The van der Waals surface area contributed by atoms with E-state index in [-0.39, 0.29) is 0 Å². The van der Waals surface area contributed by atoms with Gasteiger partial charge in [0, 0.05) is 11.9 Å². The first kappa shape index (κ1) is 12.2. The molecule has 4 nitrogen and oxygen atoms in total. The van der Waals surface area contributed by atoms with Crippen molar-refractivity contribution in [3.05, 3.63) is 40.8 Å². The van der Waals surface area contributed by atoms with Gasteiger partial charge in [-0.3, -0.25) is 0 Å². The van der Waals surface area contributed by atoms with E-state index in [0.717, 1.165) is 36.7 Å². The molecule has 2 aromatic heterocycles. The van der Waals surface area contributed by atoms with Gasteiger partial charge in [-0.2, -0.15) is 0 Å². The van der Waals surface area contributed by atoms with Gasteiger partial charge < -0.3 is 9.88 Å². The standard InChI is InChI=1S/C14H16N4S/c1-2-7-18-13-6-4-3-5-12(13)17-14(18)15-8-11-9-19-10-16-11/h3-6,9-10H,2,7-8H2,1H3,(H,15,17). The molecule has 0 unspecified atom stereocenters. The Balaban J connectivity index is 1.90. The third-order valence-electron chi connectivity index (χ3n) is 3.01. The average molecular weight is 272 g/mol. The maximum atomic E-state index is 4.66. The van der Waals surface area contributed by atoms with Crippen molar-refractivity contribution >= 4 is 28.3 Å². The topological polar surface area (TPSA) is 42.7 Å². The van der Waals surface area contributed by atoms with E-state index in [1.54, 1.807) is 11.3 Å². The highest BCUT2D eigenvalue weighted by molar-refractivity contribution is 7.07. The number of thiazole rings is 1. The molecule has 0 bridgehead atoms. The molecule has 0 saturated carbocycles. The molecule has 0 fully saturated rings. The monoisotopic (exact) mass is 272 g/mol. The minimum atomic E-state index is 0.719. The molecule has 0 amide bonds. The summed E-state index contributed by atoms with van der Waals surface area (Å²) >= 11 is 1.62. The number of hydrogen-bond donors (Lipinski definition) is 1. The number of rotatable bonds is 5. The smallest absolute Gasteiger partial charge is 0.204 e. The Labute approximate surface area is 116 Å². The minimum absolute atomic E-state index is 0.719. The number of aryl methyl sites for hydroxylation is 1. The average Bonchev–Trinajstić information content (AvgIpc) is 3.05. The lowest BCUT2D eigenvalue weighted by Crippen LogP contribution is -2.07. The number of anilines is 1. The van der Waals surface area contributed by atoms with Gasteiger partial charge in [-0.15, -0.1) is 11.3 Å². The Morgan fingerprint density at radius 1 is 1.32 bits per heavy atom. The Morgan fingerprint density at radius 2 is 2.21 bits per heavy atom. The Kier molecular flexibility index (Phi) is 3.46. The van der Waals surface area contributed by atoms with Gasteiger partial charge in [-0.05, 0) is 18.6 Å². The zero-order valence-electron chi connectivity index (χ0n) is 10.8. The van der Waals surface area contributed by atoms with Crippen molar-refractivity contribution in [1.29, 1.82) is 0 Å². The summed E-state index contributed by atoms with van der Waals surface area (Å²) in [6.45, 7) is 3.87. The molecule has 5 heteroatoms. The molecule has 0 spiro atoms. The largest absolute Gasteiger partial charge is 0.350 e. The van der Waals surface area contributed by atoms with Gasteiger partial charge in [0.2, 0.25) is 5.95 Å². The molecule has 0 atom stereocenters. The van der Waals surface area contributed by atoms with Gasteiger partial charge >= 0.3 is 0 Å². The van der Waals surface area contributed by atoms with E-state index < -0.39 is 0 Å². The summed E-state index contributed by atoms with van der Waals surface area (Å²) < 4.78 is 2.24. The van der Waals surface area contributed by atoms with Crippen molar-refractivity contribution < 1.29 is 0 Å². The second-order valence-electron chi connectivity index (χ2n) is 4.41. The summed E-state index contributed by atoms with van der Waals surface area (Å²) in [6, 6.07) is 8.25. The molecule has 3 rings (SSSR count). The van der Waals surface area contributed by atoms with Crippen molar-refractivity contribution in [3.8, 4) is 0 Å². The normalized spacial score (nSPS) is 11.0. The first-order valence-corrected chi connectivity index (χ1v) is 7.39. The van der Waals surface area contributed by atoms with Crippen LogP contribution < -0.4 is 5.32 Å². The van der Waals surface area contributed by atoms with Crippen molar-refractivity contribution in [3.63, 3.8) is 0 Å². The highest BCUT2D eigenvalue weighted by Gasteiger charge is 2.09. The van der Waals surface area contributed by atoms with E-state index in [2.05, 4.69) is 50.4 Å². The highest BCUT2D eigenvalue weighted by Crippen LogP contribution is 2.20. The third kappa shape index (κ3) is 2.46. The van der Waals surface area contributed by atoms with Gasteiger partial charge in [-0.1, -0.05) is 19.1 Å². The molecule has 2 heterocycles. The Morgan fingerprint density at radius 3 is 3.00 bits per heavy atom. The van der Waals surface area contributed by atoms with E-state index in [1.165, 1.54) is 5.52 Å². The molecular formula is C14H16N4S. The van der Waals surface area contributed by atoms with Gasteiger partial charge in [-0.25, -0.2) is 9.97 Å². The summed E-state index contributed by atoms with van der Waals surface area (Å²) in [7, 11) is 0. The molecule has 98 valence electrons. The number of fused-ring (bicyclic) bond motifs is 1. The van der Waals surface area contributed by atoms with Gasteiger partial charge in [0.25, 0.3) is 0 Å². The van der Waals surface area contributed by atoms with Crippen molar-refractivity contribution in [2.45, 2.75) is 26.4 Å². The second-order valence-corrected chi connectivity index (χ2v) is 5.13. The molecule has 3 aromatic rings. The highest BCUT2D eigenvalue weighted by atomic mass is 32.1. The second kappa shape index (κ2) is 5.40. The van der Waals surface area contributed by atoms with Crippen LogP contribution in [0, 0.1) is 0 Å². The van der Waals surface area contributed by atoms with Gasteiger partial charge in [0.05, 0.1) is 28.8 Å². The van der Waals surface area contributed by atoms with Crippen LogP contribution in [-0.4, -0.2) is 14.5 Å². The lowest BCUT2D eigenvalue weighted by Gasteiger charge is -2.08. The van der Waals surface area contributed by atoms with E-state index in [1.807, 2.05) is 11.6 Å². The first-order valence-electron chi connectivity index (χ1n) is 6.44. The summed E-state index contributed by atoms with van der Waals surface area (Å²) in [4.78, 5) is 8.94. The van der Waals surface area contributed by atoms with Crippen molar-refractivity contribution in [1.82, 2.24) is 14.5 Å². The zero-order chi connectivity index (χ0) is 13.1. The molecule has 0 saturated heterocycles. The van der Waals surface area contributed by atoms with Crippen LogP contribution >= 0.6 is 11.3 Å². The molecule has 19 heavy (non-hydrogen) atoms. The van der Waals surface area contributed by atoms with Crippen LogP contribution in [0.2, 0.25) is 0 Å². The molecule has 1 aromatic carbocycles. The van der Waals surface area contributed by atoms with E-state index in [9.17, 15) is 0 Å². The molecule has 0 aliphatic rings. The number of para-hydroxylation sites is 2. The lowest BCUT2D eigenvalue weighted by atomic mass is 10.3. The van der Waals surface area contributed by atoms with Crippen LogP contribution in [0.15, 0.2) is 35.2 Å². The number of hydrogen-bond acceptors (Lipinski definition) is 4. The van der Waals surface area contributed by atoms with Crippen LogP contribution in [0.4, 0.5) is 5.95 Å². The van der Waals surface area contributed by atoms with Crippen molar-refractivity contribution in [2.75, 3.05) is 5.32 Å². The molecule has 0 aliphatic carbocycles. The molecular weight excluding hydrogens is 256 g/mol. The quantitative estimate of drug-likeness (QED) is 0.773. The lowest BCUT2D eigenvalue weighted by molar-refractivity contribution is 0.700. The Hall–Kier alpha value is -1.88. The fourth-order valence-electron chi connectivity index (χ4n) is 2.15. The number of imidazole rings is 1. The first-order chi connectivity index (χ1) is 9.38. The number of nitrogens with zero attached hydrogens (tertiary/aromatic N) is 3. The van der Waals surface area contributed by atoms with Crippen LogP contribution in [0.25, 0.3) is 11.0 Å². The SMILES string of the molecule is CCCn1c(NCc2cscn2)nc2ccccc21. The maximum absolute atomic E-state index is 4.66. The number of aromatic nitrogens is 3. The fourth-order valence-corrected chi connectivity index (χ4v) is 2.71. The maximum Gasteiger partial charge on any atom is 0.204 e. The van der Waals surface area contributed by atoms with E-state index in [4.69, 9.17) is 0 Å². The Bertz CT molecular complexity index is 657. The van der Waals surface area contributed by atoms with Crippen molar-refractivity contribution in [2.24, 2.45) is 0 Å². The molecule has 0 radical (unpaired) electrons. The van der Waals surface area contributed by atoms with Crippen LogP contribution in [0.5, 0.6) is 0 Å². The van der Waals surface area contributed by atoms with Crippen LogP contribution in [0.3, 0.4) is 0 Å². The number of nitrogens with one attached hydrogen (secondary N) is 1. The minimum Gasteiger partial charge on any atom is -0.350 e. The number of benzene rings is 1. The summed E-state index contributed by atoms with van der Waals surface area (Å²) in [5, 5.41) is 5.44. The predicted molar refractivity (Wildman–Crippen MR) is 79.5 cm³/mol. The third-order valence-corrected chi connectivity index (χ3v) is 3.65. The van der Waals surface area contributed by atoms with E-state index >= 15 is 0 Å². The summed E-state index contributed by atoms with van der Waals surface area (Å²) in [6.07, 6.45) is 1.09. The zero-order valence-corrected chi connectivity index (χ0v) is 11.7. The summed E-state index contributed by atoms with van der Waals surface area (Å²) in [5.74, 6) is 0.927. The molecule has 0 aliphatic heterocycles. The van der Waals surface area contributed by atoms with Crippen LogP contribution in [-0.2, 0) is 13.1 Å². The van der Waals surface area contributed by atoms with Gasteiger partial charge in [0.1, 0.15) is 0 Å². The van der Waals surface area contributed by atoms with Crippen LogP contribution in [0.1, 0.15) is 19.0 Å². The summed E-state index contributed by atoms with van der Waals surface area (Å²) in [5.41, 5.74) is 5.13. The fraction of sp³-hybridized carbons (Fsp3) is 0.286. The molecule has 1 N–H and O–H groups in total.